The summed E-state index contributed by atoms with van der Waals surface area (Å²) in [6.07, 6.45) is -0.379. The van der Waals surface area contributed by atoms with E-state index in [9.17, 15) is 14.0 Å². The molecule has 0 fully saturated rings. The lowest BCUT2D eigenvalue weighted by atomic mass is 10.1. The molecule has 1 aromatic rings. The molecule has 0 radical (unpaired) electrons. The van der Waals surface area contributed by atoms with Gasteiger partial charge in [0.05, 0.1) is 5.69 Å². The van der Waals surface area contributed by atoms with Gasteiger partial charge in [-0.15, -0.1) is 0 Å². The first-order valence-corrected chi connectivity index (χ1v) is 5.98. The van der Waals surface area contributed by atoms with Crippen LogP contribution in [0.3, 0.4) is 0 Å². The Hall–Kier alpha value is -2.11. The molecule has 1 unspecified atom stereocenters. The molecule has 0 aliphatic carbocycles. The second kappa shape index (κ2) is 5.26. The number of carbonyl (C=O) groups excluding carboxylic acids is 1. The lowest BCUT2D eigenvalue weighted by Gasteiger charge is -2.32. The van der Waals surface area contributed by atoms with Gasteiger partial charge in [0, 0.05) is 19.0 Å². The van der Waals surface area contributed by atoms with Crippen molar-refractivity contribution in [2.75, 3.05) is 11.4 Å². The lowest BCUT2D eigenvalue weighted by Crippen LogP contribution is -2.45. The Morgan fingerprint density at radius 2 is 2.26 bits per heavy atom. The van der Waals surface area contributed by atoms with Crippen LogP contribution >= 0.6 is 0 Å². The third kappa shape index (κ3) is 2.83. The number of hydrogen-bond acceptors (Lipinski definition) is 3. The summed E-state index contributed by atoms with van der Waals surface area (Å²) in [6, 6.07) is 3.95. The number of anilines is 1. The molecule has 1 atom stereocenters. The molecule has 0 saturated heterocycles. The summed E-state index contributed by atoms with van der Waals surface area (Å²) in [4.78, 5) is 23.9. The first kappa shape index (κ1) is 13.3. The molecule has 5 nitrogen and oxygen atoms in total. The normalized spacial score (nSPS) is 17.9. The van der Waals surface area contributed by atoms with Gasteiger partial charge in [-0.3, -0.25) is 9.59 Å². The quantitative estimate of drug-likeness (QED) is 0.903. The SMILES string of the molecule is CC1Oc2ccc(F)cc2N(CCCC(=O)O)C1=O. The van der Waals surface area contributed by atoms with Crippen LogP contribution in [0.4, 0.5) is 10.1 Å². The average Bonchev–Trinajstić information content (AvgIpc) is 2.34. The molecule has 6 heteroatoms. The first-order chi connectivity index (χ1) is 8.99. The third-order valence-electron chi connectivity index (χ3n) is 2.90. The molecule has 19 heavy (non-hydrogen) atoms. The molecular weight excluding hydrogens is 253 g/mol. The number of fused-ring (bicyclic) bond motifs is 1. The molecule has 1 amide bonds. The van der Waals surface area contributed by atoms with Crippen LogP contribution in [-0.4, -0.2) is 29.6 Å². The van der Waals surface area contributed by atoms with Crippen LogP contribution in [-0.2, 0) is 9.59 Å². The Morgan fingerprint density at radius 3 is 2.95 bits per heavy atom. The molecule has 102 valence electrons. The molecular formula is C13H14FNO4. The number of ether oxygens (including phenoxy) is 1. The smallest absolute Gasteiger partial charge is 0.303 e. The van der Waals surface area contributed by atoms with E-state index < -0.39 is 17.9 Å². The number of benzene rings is 1. The fourth-order valence-corrected chi connectivity index (χ4v) is 2.00. The zero-order chi connectivity index (χ0) is 14.0. The lowest BCUT2D eigenvalue weighted by molar-refractivity contribution is -0.137. The van der Waals surface area contributed by atoms with Gasteiger partial charge in [0.1, 0.15) is 11.6 Å². The maximum absolute atomic E-state index is 13.3. The van der Waals surface area contributed by atoms with Crippen molar-refractivity contribution in [2.24, 2.45) is 0 Å². The molecule has 1 aliphatic heterocycles. The van der Waals surface area contributed by atoms with Gasteiger partial charge in [-0.2, -0.15) is 0 Å². The number of nitrogens with zero attached hydrogens (tertiary/aromatic N) is 1. The van der Waals surface area contributed by atoms with Crippen LogP contribution in [0.15, 0.2) is 18.2 Å². The minimum Gasteiger partial charge on any atom is -0.481 e. The van der Waals surface area contributed by atoms with Gasteiger partial charge in [0.2, 0.25) is 0 Å². The standard InChI is InChI=1S/C13H14FNO4/c1-8-13(18)15(6-2-3-12(16)17)10-7-9(14)4-5-11(10)19-8/h4-5,7-8H,2-3,6H2,1H3,(H,16,17). The van der Waals surface area contributed by atoms with Crippen LogP contribution in [0.1, 0.15) is 19.8 Å². The van der Waals surface area contributed by atoms with Gasteiger partial charge in [-0.25, -0.2) is 4.39 Å². The monoisotopic (exact) mass is 267 g/mol. The van der Waals surface area contributed by atoms with E-state index in [2.05, 4.69) is 0 Å². The van der Waals surface area contributed by atoms with Crippen LogP contribution in [0, 0.1) is 5.82 Å². The van der Waals surface area contributed by atoms with Crippen molar-refractivity contribution in [1.82, 2.24) is 0 Å². The van der Waals surface area contributed by atoms with E-state index in [4.69, 9.17) is 9.84 Å². The fourth-order valence-electron chi connectivity index (χ4n) is 2.00. The predicted octanol–water partition coefficient (Wildman–Crippen LogP) is 1.80. The summed E-state index contributed by atoms with van der Waals surface area (Å²) in [6.45, 7) is 1.84. The van der Waals surface area contributed by atoms with Crippen LogP contribution in [0.25, 0.3) is 0 Å². The zero-order valence-corrected chi connectivity index (χ0v) is 10.4. The molecule has 1 aliphatic rings. The van der Waals surface area contributed by atoms with Crippen molar-refractivity contribution in [3.05, 3.63) is 24.0 Å². The molecule has 0 aromatic heterocycles. The fraction of sp³-hybridized carbons (Fsp3) is 0.385. The number of halogens is 1. The molecule has 0 spiro atoms. The van der Waals surface area contributed by atoms with Gasteiger partial charge < -0.3 is 14.7 Å². The van der Waals surface area contributed by atoms with Crippen molar-refractivity contribution in [1.29, 1.82) is 0 Å². The highest BCUT2D eigenvalue weighted by Gasteiger charge is 2.31. The zero-order valence-electron chi connectivity index (χ0n) is 10.4. The van der Waals surface area contributed by atoms with E-state index >= 15 is 0 Å². The maximum atomic E-state index is 13.3. The molecule has 1 aromatic carbocycles. The van der Waals surface area contributed by atoms with Gasteiger partial charge in [-0.05, 0) is 25.5 Å². The highest BCUT2D eigenvalue weighted by atomic mass is 19.1. The number of amides is 1. The van der Waals surface area contributed by atoms with E-state index in [1.165, 1.54) is 23.1 Å². The first-order valence-electron chi connectivity index (χ1n) is 5.98. The number of carboxylic acid groups (broad SMARTS) is 1. The summed E-state index contributed by atoms with van der Waals surface area (Å²) in [5.41, 5.74) is 0.355. The highest BCUT2D eigenvalue weighted by Crippen LogP contribution is 2.34. The van der Waals surface area contributed by atoms with Gasteiger partial charge in [0.15, 0.2) is 6.10 Å². The minimum absolute atomic E-state index is 0.0380. The second-order valence-corrected chi connectivity index (χ2v) is 4.36. The number of aliphatic carboxylic acids is 1. The average molecular weight is 267 g/mol. The van der Waals surface area contributed by atoms with Crippen molar-refractivity contribution in [2.45, 2.75) is 25.9 Å². The largest absolute Gasteiger partial charge is 0.481 e. The van der Waals surface area contributed by atoms with E-state index in [-0.39, 0.29) is 18.9 Å². The Labute approximate surface area is 109 Å². The summed E-state index contributed by atoms with van der Waals surface area (Å²) >= 11 is 0. The molecule has 1 N–H and O–H groups in total. The Morgan fingerprint density at radius 1 is 1.53 bits per heavy atom. The maximum Gasteiger partial charge on any atom is 0.303 e. The van der Waals surface area contributed by atoms with Crippen molar-refractivity contribution in [3.63, 3.8) is 0 Å². The van der Waals surface area contributed by atoms with Crippen LogP contribution < -0.4 is 9.64 Å². The van der Waals surface area contributed by atoms with E-state index in [0.717, 1.165) is 0 Å². The van der Waals surface area contributed by atoms with Gasteiger partial charge in [-0.1, -0.05) is 0 Å². The number of carboxylic acids is 1. The second-order valence-electron chi connectivity index (χ2n) is 4.36. The van der Waals surface area contributed by atoms with Crippen LogP contribution in [0.2, 0.25) is 0 Å². The highest BCUT2D eigenvalue weighted by molar-refractivity contribution is 5.99. The summed E-state index contributed by atoms with van der Waals surface area (Å²) < 4.78 is 18.6. The third-order valence-corrected chi connectivity index (χ3v) is 2.90. The van der Waals surface area contributed by atoms with Gasteiger partial charge in [0.25, 0.3) is 5.91 Å². The summed E-state index contributed by atoms with van der Waals surface area (Å²) in [7, 11) is 0. The number of rotatable bonds is 4. The van der Waals surface area contributed by atoms with Crippen molar-refractivity contribution < 1.29 is 23.8 Å². The Balaban J connectivity index is 2.23. The number of carbonyl (C=O) groups is 2. The number of hydrogen-bond donors (Lipinski definition) is 1. The van der Waals surface area contributed by atoms with Crippen molar-refractivity contribution in [3.8, 4) is 5.75 Å². The molecule has 1 heterocycles. The Bertz CT molecular complexity index is 517. The molecule has 0 saturated carbocycles. The van der Waals surface area contributed by atoms with Crippen molar-refractivity contribution >= 4 is 17.6 Å². The minimum atomic E-state index is -0.923. The van der Waals surface area contributed by atoms with Crippen LogP contribution in [0.5, 0.6) is 5.75 Å². The Kier molecular flexibility index (Phi) is 3.69. The summed E-state index contributed by atoms with van der Waals surface area (Å²) in [5.74, 6) is -1.24. The topological polar surface area (TPSA) is 66.8 Å². The predicted molar refractivity (Wildman–Crippen MR) is 65.7 cm³/mol. The van der Waals surface area contributed by atoms with E-state index in [1.54, 1.807) is 6.92 Å². The molecule has 0 bridgehead atoms. The van der Waals surface area contributed by atoms with E-state index in [1.807, 2.05) is 0 Å². The summed E-state index contributed by atoms with van der Waals surface area (Å²) in [5, 5.41) is 8.61. The van der Waals surface area contributed by atoms with E-state index in [0.29, 0.717) is 17.9 Å². The van der Waals surface area contributed by atoms with Gasteiger partial charge >= 0.3 is 5.97 Å². The molecule has 2 rings (SSSR count).